The van der Waals surface area contributed by atoms with E-state index in [0.29, 0.717) is 0 Å². The Bertz CT molecular complexity index is 503. The quantitative estimate of drug-likeness (QED) is 0.827. The van der Waals surface area contributed by atoms with Gasteiger partial charge in [0, 0.05) is 24.5 Å². The van der Waals surface area contributed by atoms with Gasteiger partial charge in [0.25, 0.3) is 0 Å². The minimum Gasteiger partial charge on any atom is -0.399 e. The lowest BCUT2D eigenvalue weighted by atomic mass is 10.1. The number of hydrogen-bond acceptors (Lipinski definition) is 2. The van der Waals surface area contributed by atoms with Crippen molar-refractivity contribution in [1.82, 2.24) is 0 Å². The molecule has 0 atom stereocenters. The number of nitrogen functional groups attached to an aromatic ring is 1. The molecule has 2 aromatic rings. The first-order valence-electron chi connectivity index (χ1n) is 6.35. The summed E-state index contributed by atoms with van der Waals surface area (Å²) in [4.78, 5) is 2.34. The molecule has 0 amide bonds. The fraction of sp³-hybridized carbons (Fsp3) is 0.250. The number of nitrogens with two attached hydrogens (primary N) is 1. The van der Waals surface area contributed by atoms with Gasteiger partial charge in [-0.3, -0.25) is 0 Å². The van der Waals surface area contributed by atoms with E-state index in [9.17, 15) is 0 Å². The van der Waals surface area contributed by atoms with E-state index >= 15 is 0 Å². The Morgan fingerprint density at radius 2 is 1.78 bits per heavy atom. The highest BCUT2D eigenvalue weighted by atomic mass is 15.1. The van der Waals surface area contributed by atoms with Gasteiger partial charge in [0.15, 0.2) is 0 Å². The highest BCUT2D eigenvalue weighted by molar-refractivity contribution is 5.49. The van der Waals surface area contributed by atoms with Gasteiger partial charge in [0.05, 0.1) is 0 Å². The van der Waals surface area contributed by atoms with Crippen molar-refractivity contribution in [2.75, 3.05) is 17.2 Å². The van der Waals surface area contributed by atoms with Crippen molar-refractivity contribution >= 4 is 11.4 Å². The summed E-state index contributed by atoms with van der Waals surface area (Å²) in [6, 6.07) is 16.7. The van der Waals surface area contributed by atoms with Crippen molar-refractivity contribution in [3.05, 3.63) is 59.7 Å². The first-order valence-corrected chi connectivity index (χ1v) is 6.35. The maximum Gasteiger partial charge on any atom is 0.0430 e. The van der Waals surface area contributed by atoms with Crippen molar-refractivity contribution < 1.29 is 0 Å². The van der Waals surface area contributed by atoms with Crippen LogP contribution in [0.3, 0.4) is 0 Å². The van der Waals surface area contributed by atoms with Gasteiger partial charge in [-0.1, -0.05) is 29.8 Å². The summed E-state index contributed by atoms with van der Waals surface area (Å²) in [7, 11) is 0. The first kappa shape index (κ1) is 12.5. The van der Waals surface area contributed by atoms with E-state index in [2.05, 4.69) is 49.1 Å². The molecule has 0 radical (unpaired) electrons. The van der Waals surface area contributed by atoms with Gasteiger partial charge in [-0.05, 0) is 43.7 Å². The summed E-state index contributed by atoms with van der Waals surface area (Å²) < 4.78 is 0. The van der Waals surface area contributed by atoms with E-state index in [1.165, 1.54) is 16.8 Å². The average Bonchev–Trinajstić information content (AvgIpc) is 2.37. The van der Waals surface area contributed by atoms with Crippen molar-refractivity contribution in [3.63, 3.8) is 0 Å². The first-order chi connectivity index (χ1) is 8.69. The molecule has 2 aromatic carbocycles. The Kier molecular flexibility index (Phi) is 3.88. The molecule has 0 aromatic heterocycles. The summed E-state index contributed by atoms with van der Waals surface area (Å²) >= 11 is 0. The van der Waals surface area contributed by atoms with E-state index in [-0.39, 0.29) is 0 Å². The Hall–Kier alpha value is -1.96. The zero-order valence-electron chi connectivity index (χ0n) is 11.1. The number of rotatable bonds is 4. The van der Waals surface area contributed by atoms with Gasteiger partial charge in [0.2, 0.25) is 0 Å². The molecule has 2 rings (SSSR count). The molecule has 0 bridgehead atoms. The second kappa shape index (κ2) is 5.58. The molecular weight excluding hydrogens is 220 g/mol. The highest BCUT2D eigenvalue weighted by Crippen LogP contribution is 2.18. The minimum absolute atomic E-state index is 0.826. The van der Waals surface area contributed by atoms with E-state index in [1.54, 1.807) is 0 Å². The van der Waals surface area contributed by atoms with E-state index in [0.717, 1.165) is 18.8 Å². The monoisotopic (exact) mass is 240 g/mol. The van der Waals surface area contributed by atoms with Crippen molar-refractivity contribution in [2.45, 2.75) is 20.4 Å². The Morgan fingerprint density at radius 3 is 2.39 bits per heavy atom. The summed E-state index contributed by atoms with van der Waals surface area (Å²) in [5, 5.41) is 0. The molecule has 0 aliphatic carbocycles. The third-order valence-corrected chi connectivity index (χ3v) is 3.11. The maximum absolute atomic E-state index is 5.82. The van der Waals surface area contributed by atoms with Crippen LogP contribution in [0.5, 0.6) is 0 Å². The molecule has 0 fully saturated rings. The van der Waals surface area contributed by atoms with Crippen LogP contribution in [-0.4, -0.2) is 6.54 Å². The Labute approximate surface area is 109 Å². The number of aryl methyl sites for hydroxylation is 1. The normalized spacial score (nSPS) is 10.3. The average molecular weight is 240 g/mol. The van der Waals surface area contributed by atoms with Crippen LogP contribution in [0.4, 0.5) is 11.4 Å². The molecule has 0 saturated carbocycles. The van der Waals surface area contributed by atoms with E-state index < -0.39 is 0 Å². The summed E-state index contributed by atoms with van der Waals surface area (Å²) in [5.41, 5.74) is 10.4. The summed E-state index contributed by atoms with van der Waals surface area (Å²) in [6.45, 7) is 6.16. The second-order valence-electron chi connectivity index (χ2n) is 4.59. The van der Waals surface area contributed by atoms with E-state index in [1.807, 2.05) is 18.2 Å². The van der Waals surface area contributed by atoms with Gasteiger partial charge in [-0.25, -0.2) is 0 Å². The van der Waals surface area contributed by atoms with Gasteiger partial charge < -0.3 is 10.6 Å². The van der Waals surface area contributed by atoms with Crippen LogP contribution in [0.25, 0.3) is 0 Å². The molecule has 0 spiro atoms. The topological polar surface area (TPSA) is 29.3 Å². The molecule has 0 aliphatic heterocycles. The standard InChI is InChI=1S/C16H20N2/c1-3-18(16-9-7-13(2)8-10-16)12-14-5-4-6-15(17)11-14/h4-11H,3,12,17H2,1-2H3. The van der Waals surface area contributed by atoms with E-state index in [4.69, 9.17) is 5.73 Å². The van der Waals surface area contributed by atoms with Gasteiger partial charge in [-0.2, -0.15) is 0 Å². The molecule has 0 heterocycles. The lowest BCUT2D eigenvalue weighted by molar-refractivity contribution is 0.832. The highest BCUT2D eigenvalue weighted by Gasteiger charge is 2.05. The third-order valence-electron chi connectivity index (χ3n) is 3.11. The molecule has 2 nitrogen and oxygen atoms in total. The molecule has 2 N–H and O–H groups in total. The lowest BCUT2D eigenvalue weighted by Crippen LogP contribution is -2.21. The van der Waals surface area contributed by atoms with Crippen LogP contribution in [0.1, 0.15) is 18.1 Å². The SMILES string of the molecule is CCN(Cc1cccc(N)c1)c1ccc(C)cc1. The van der Waals surface area contributed by atoms with Crippen LogP contribution in [-0.2, 0) is 6.54 Å². The maximum atomic E-state index is 5.82. The molecular formula is C16H20N2. The molecule has 0 saturated heterocycles. The minimum atomic E-state index is 0.826. The van der Waals surface area contributed by atoms with Gasteiger partial charge >= 0.3 is 0 Å². The van der Waals surface area contributed by atoms with Crippen LogP contribution >= 0.6 is 0 Å². The van der Waals surface area contributed by atoms with Crippen LogP contribution in [0.2, 0.25) is 0 Å². The second-order valence-corrected chi connectivity index (χ2v) is 4.59. The largest absolute Gasteiger partial charge is 0.399 e. The van der Waals surface area contributed by atoms with Crippen LogP contribution in [0, 0.1) is 6.92 Å². The molecule has 0 aliphatic rings. The third kappa shape index (κ3) is 3.04. The zero-order valence-corrected chi connectivity index (χ0v) is 11.1. The van der Waals surface area contributed by atoms with Crippen molar-refractivity contribution in [1.29, 1.82) is 0 Å². The van der Waals surface area contributed by atoms with Crippen molar-refractivity contribution in [2.24, 2.45) is 0 Å². The molecule has 2 heteroatoms. The van der Waals surface area contributed by atoms with Gasteiger partial charge in [-0.15, -0.1) is 0 Å². The summed E-state index contributed by atoms with van der Waals surface area (Å²) in [5.74, 6) is 0. The van der Waals surface area contributed by atoms with Crippen LogP contribution < -0.4 is 10.6 Å². The molecule has 94 valence electrons. The Balaban J connectivity index is 2.17. The predicted octanol–water partition coefficient (Wildman–Crippen LogP) is 3.60. The Morgan fingerprint density at radius 1 is 1.06 bits per heavy atom. The van der Waals surface area contributed by atoms with Crippen molar-refractivity contribution in [3.8, 4) is 0 Å². The zero-order chi connectivity index (χ0) is 13.0. The number of hydrogen-bond donors (Lipinski definition) is 1. The number of benzene rings is 2. The number of nitrogens with zero attached hydrogens (tertiary/aromatic N) is 1. The van der Waals surface area contributed by atoms with Crippen LogP contribution in [0.15, 0.2) is 48.5 Å². The molecule has 18 heavy (non-hydrogen) atoms. The smallest absolute Gasteiger partial charge is 0.0430 e. The fourth-order valence-corrected chi connectivity index (χ4v) is 2.05. The van der Waals surface area contributed by atoms with Gasteiger partial charge in [0.1, 0.15) is 0 Å². The summed E-state index contributed by atoms with van der Waals surface area (Å²) in [6.07, 6.45) is 0. The number of anilines is 2. The molecule has 0 unspecified atom stereocenters. The predicted molar refractivity (Wildman–Crippen MR) is 78.8 cm³/mol. The fourth-order valence-electron chi connectivity index (χ4n) is 2.05. The lowest BCUT2D eigenvalue weighted by Gasteiger charge is -2.23.